The van der Waals surface area contributed by atoms with Crippen molar-refractivity contribution in [1.82, 2.24) is 5.32 Å². The normalized spacial score (nSPS) is 26.4. The third kappa shape index (κ3) is 3.61. The first-order valence-electron chi connectivity index (χ1n) is 7.65. The fourth-order valence-electron chi connectivity index (χ4n) is 2.97. The van der Waals surface area contributed by atoms with Crippen LogP contribution in [0.4, 0.5) is 0 Å². The van der Waals surface area contributed by atoms with Crippen molar-refractivity contribution in [3.63, 3.8) is 0 Å². The fraction of sp³-hybridized carbons (Fsp3) is 0.688. The summed E-state index contributed by atoms with van der Waals surface area (Å²) in [5.41, 5.74) is -0.467. The molecule has 1 saturated carbocycles. The molecule has 0 aliphatic heterocycles. The van der Waals surface area contributed by atoms with E-state index in [0.717, 1.165) is 38.1 Å². The SMILES string of the molecule is CCOC(=O)C1(NCc2cccs2)CCC(CC)CC1. The highest BCUT2D eigenvalue weighted by atomic mass is 32.1. The highest BCUT2D eigenvalue weighted by Crippen LogP contribution is 2.35. The Bertz CT molecular complexity index is 408. The summed E-state index contributed by atoms with van der Waals surface area (Å²) in [7, 11) is 0. The summed E-state index contributed by atoms with van der Waals surface area (Å²) in [5, 5.41) is 5.57. The summed E-state index contributed by atoms with van der Waals surface area (Å²) < 4.78 is 5.33. The van der Waals surface area contributed by atoms with Gasteiger partial charge >= 0.3 is 5.97 Å². The van der Waals surface area contributed by atoms with Crippen LogP contribution < -0.4 is 5.32 Å². The van der Waals surface area contributed by atoms with Crippen molar-refractivity contribution in [2.75, 3.05) is 6.61 Å². The van der Waals surface area contributed by atoms with Crippen molar-refractivity contribution < 1.29 is 9.53 Å². The lowest BCUT2D eigenvalue weighted by atomic mass is 9.75. The van der Waals surface area contributed by atoms with Gasteiger partial charge in [0.25, 0.3) is 0 Å². The van der Waals surface area contributed by atoms with Gasteiger partial charge in [0.05, 0.1) is 6.61 Å². The van der Waals surface area contributed by atoms with Gasteiger partial charge in [-0.15, -0.1) is 11.3 Å². The molecule has 1 fully saturated rings. The highest BCUT2D eigenvalue weighted by molar-refractivity contribution is 7.09. The minimum Gasteiger partial charge on any atom is -0.465 e. The zero-order valence-electron chi connectivity index (χ0n) is 12.5. The Hall–Kier alpha value is -0.870. The molecule has 1 N–H and O–H groups in total. The summed E-state index contributed by atoms with van der Waals surface area (Å²) in [6, 6.07) is 4.15. The number of carbonyl (C=O) groups excluding carboxylic acids is 1. The summed E-state index contributed by atoms with van der Waals surface area (Å²) >= 11 is 1.73. The number of ether oxygens (including phenoxy) is 1. The summed E-state index contributed by atoms with van der Waals surface area (Å²) in [4.78, 5) is 13.7. The quantitative estimate of drug-likeness (QED) is 0.813. The van der Waals surface area contributed by atoms with Gasteiger partial charge in [-0.3, -0.25) is 10.1 Å². The molecule has 4 heteroatoms. The minimum absolute atomic E-state index is 0.0638. The van der Waals surface area contributed by atoms with E-state index in [1.165, 1.54) is 11.3 Å². The zero-order chi connectivity index (χ0) is 14.4. The van der Waals surface area contributed by atoms with E-state index in [4.69, 9.17) is 4.74 Å². The summed E-state index contributed by atoms with van der Waals surface area (Å²) in [5.74, 6) is 0.701. The average molecular weight is 295 g/mol. The second-order valence-corrected chi connectivity index (χ2v) is 6.62. The standard InChI is InChI=1S/C16H25NO2S/c1-3-13-7-9-16(10-8-13,15(18)19-4-2)17-12-14-6-5-11-20-14/h5-6,11,13,17H,3-4,7-10,12H2,1-2H3. The Morgan fingerprint density at radius 3 is 2.75 bits per heavy atom. The molecule has 112 valence electrons. The van der Waals surface area contributed by atoms with Crippen LogP contribution in [0.3, 0.4) is 0 Å². The largest absolute Gasteiger partial charge is 0.465 e. The number of esters is 1. The van der Waals surface area contributed by atoms with E-state index in [1.807, 2.05) is 13.0 Å². The van der Waals surface area contributed by atoms with Crippen molar-refractivity contribution in [3.05, 3.63) is 22.4 Å². The van der Waals surface area contributed by atoms with Gasteiger partial charge in [0.15, 0.2) is 0 Å². The molecule has 1 aliphatic rings. The van der Waals surface area contributed by atoms with Crippen molar-refractivity contribution >= 4 is 17.3 Å². The molecule has 1 heterocycles. The summed E-state index contributed by atoms with van der Waals surface area (Å²) in [6.45, 7) is 5.33. The molecule has 0 saturated heterocycles. The molecule has 0 radical (unpaired) electrons. The van der Waals surface area contributed by atoms with E-state index in [-0.39, 0.29) is 5.97 Å². The van der Waals surface area contributed by atoms with Crippen molar-refractivity contribution in [2.45, 2.75) is 58.0 Å². The predicted molar refractivity (Wildman–Crippen MR) is 82.8 cm³/mol. The molecular formula is C16H25NO2S. The van der Waals surface area contributed by atoms with E-state index < -0.39 is 5.54 Å². The second kappa shape index (κ2) is 7.23. The molecule has 1 aromatic rings. The Balaban J connectivity index is 2.02. The lowest BCUT2D eigenvalue weighted by Crippen LogP contribution is -2.54. The lowest BCUT2D eigenvalue weighted by Gasteiger charge is -2.38. The van der Waals surface area contributed by atoms with E-state index in [2.05, 4.69) is 23.7 Å². The molecule has 3 nitrogen and oxygen atoms in total. The van der Waals surface area contributed by atoms with Crippen LogP contribution in [0.2, 0.25) is 0 Å². The maximum Gasteiger partial charge on any atom is 0.326 e. The number of thiophene rings is 1. The van der Waals surface area contributed by atoms with Crippen LogP contribution in [-0.2, 0) is 16.1 Å². The number of nitrogens with one attached hydrogen (secondary N) is 1. The number of hydrogen-bond donors (Lipinski definition) is 1. The average Bonchev–Trinajstić information content (AvgIpc) is 2.99. The van der Waals surface area contributed by atoms with Crippen LogP contribution in [0, 0.1) is 5.92 Å². The van der Waals surface area contributed by atoms with Crippen molar-refractivity contribution in [1.29, 1.82) is 0 Å². The molecule has 0 unspecified atom stereocenters. The lowest BCUT2D eigenvalue weighted by molar-refractivity contribution is -0.153. The molecule has 0 spiro atoms. The highest BCUT2D eigenvalue weighted by Gasteiger charge is 2.42. The minimum atomic E-state index is -0.467. The van der Waals surface area contributed by atoms with Gasteiger partial charge in [0, 0.05) is 11.4 Å². The molecular weight excluding hydrogens is 270 g/mol. The van der Waals surface area contributed by atoms with Gasteiger partial charge < -0.3 is 4.74 Å². The molecule has 20 heavy (non-hydrogen) atoms. The molecule has 0 atom stereocenters. The van der Waals surface area contributed by atoms with Gasteiger partial charge in [-0.1, -0.05) is 19.4 Å². The predicted octanol–water partition coefficient (Wildman–Crippen LogP) is 3.74. The first-order chi connectivity index (χ1) is 9.70. The van der Waals surface area contributed by atoms with Gasteiger partial charge in [-0.2, -0.15) is 0 Å². The van der Waals surface area contributed by atoms with Gasteiger partial charge in [0.1, 0.15) is 5.54 Å². The van der Waals surface area contributed by atoms with Crippen molar-refractivity contribution in [2.24, 2.45) is 5.92 Å². The maximum absolute atomic E-state index is 12.4. The number of carbonyl (C=O) groups is 1. The Kier molecular flexibility index (Phi) is 5.61. The molecule has 1 aliphatic carbocycles. The first kappa shape index (κ1) is 15.5. The van der Waals surface area contributed by atoms with E-state index in [1.54, 1.807) is 11.3 Å². The van der Waals surface area contributed by atoms with E-state index >= 15 is 0 Å². The molecule has 0 aromatic carbocycles. The fourth-order valence-corrected chi connectivity index (χ4v) is 3.61. The van der Waals surface area contributed by atoms with Gasteiger partial charge in [-0.25, -0.2) is 0 Å². The molecule has 2 rings (SSSR count). The van der Waals surface area contributed by atoms with Crippen LogP contribution in [0.25, 0.3) is 0 Å². The Morgan fingerprint density at radius 1 is 1.45 bits per heavy atom. The number of hydrogen-bond acceptors (Lipinski definition) is 4. The third-order valence-corrected chi connectivity index (χ3v) is 5.26. The topological polar surface area (TPSA) is 38.3 Å². The molecule has 0 bridgehead atoms. The Morgan fingerprint density at radius 2 is 2.20 bits per heavy atom. The summed E-state index contributed by atoms with van der Waals surface area (Å²) in [6.07, 6.45) is 5.24. The van der Waals surface area contributed by atoms with E-state index in [9.17, 15) is 4.79 Å². The molecule has 1 aromatic heterocycles. The van der Waals surface area contributed by atoms with Crippen LogP contribution in [-0.4, -0.2) is 18.1 Å². The zero-order valence-corrected chi connectivity index (χ0v) is 13.3. The molecule has 0 amide bonds. The van der Waals surface area contributed by atoms with Crippen molar-refractivity contribution in [3.8, 4) is 0 Å². The number of rotatable bonds is 6. The van der Waals surface area contributed by atoms with E-state index in [0.29, 0.717) is 6.61 Å². The first-order valence-corrected chi connectivity index (χ1v) is 8.52. The van der Waals surface area contributed by atoms with Crippen LogP contribution in [0.1, 0.15) is 50.8 Å². The van der Waals surface area contributed by atoms with Gasteiger partial charge in [-0.05, 0) is 50.0 Å². The van der Waals surface area contributed by atoms with Crippen LogP contribution in [0.15, 0.2) is 17.5 Å². The van der Waals surface area contributed by atoms with Crippen LogP contribution in [0.5, 0.6) is 0 Å². The maximum atomic E-state index is 12.4. The Labute approximate surface area is 125 Å². The van der Waals surface area contributed by atoms with Crippen LogP contribution >= 0.6 is 11.3 Å². The monoisotopic (exact) mass is 295 g/mol. The smallest absolute Gasteiger partial charge is 0.326 e. The van der Waals surface area contributed by atoms with Gasteiger partial charge in [0.2, 0.25) is 0 Å². The second-order valence-electron chi connectivity index (χ2n) is 5.59. The third-order valence-electron chi connectivity index (χ3n) is 4.38.